The second-order valence-electron chi connectivity index (χ2n) is 6.19. The van der Waals surface area contributed by atoms with E-state index < -0.39 is 15.6 Å². The summed E-state index contributed by atoms with van der Waals surface area (Å²) in [5.74, 6) is -0.228. The van der Waals surface area contributed by atoms with Crippen LogP contribution in [0.3, 0.4) is 0 Å². The highest BCUT2D eigenvalue weighted by Crippen LogP contribution is 2.13. The minimum Gasteiger partial charge on any atom is -0.382 e. The van der Waals surface area contributed by atoms with E-state index in [-0.39, 0.29) is 10.8 Å². The summed E-state index contributed by atoms with van der Waals surface area (Å²) >= 11 is 0. The molecule has 23 heavy (non-hydrogen) atoms. The van der Waals surface area contributed by atoms with Crippen LogP contribution in [-0.2, 0) is 14.8 Å². The molecule has 1 aromatic rings. The average Bonchev–Trinajstić information content (AvgIpc) is 2.44. The van der Waals surface area contributed by atoms with Crippen molar-refractivity contribution in [2.75, 3.05) is 19.8 Å². The molecule has 0 unspecified atom stereocenters. The van der Waals surface area contributed by atoms with Crippen molar-refractivity contribution in [3.63, 3.8) is 0 Å². The van der Waals surface area contributed by atoms with E-state index in [4.69, 9.17) is 4.74 Å². The quantitative estimate of drug-likeness (QED) is 0.707. The van der Waals surface area contributed by atoms with Crippen LogP contribution in [0.2, 0.25) is 0 Å². The molecule has 1 rings (SSSR count). The van der Waals surface area contributed by atoms with Gasteiger partial charge in [0.2, 0.25) is 10.0 Å². The summed E-state index contributed by atoms with van der Waals surface area (Å²) in [5.41, 5.74) is -0.133. The zero-order valence-electron chi connectivity index (χ0n) is 14.2. The highest BCUT2D eigenvalue weighted by atomic mass is 32.2. The lowest BCUT2D eigenvalue weighted by atomic mass is 10.1. The molecule has 0 bridgehead atoms. The Kier molecular flexibility index (Phi) is 7.18. The SMILES string of the molecule is CCOCCCNC(=O)c1ccc(S(=O)(=O)NC(C)(C)C)cc1. The molecule has 0 saturated carbocycles. The molecular weight excluding hydrogens is 316 g/mol. The number of amides is 1. The molecule has 7 heteroatoms. The second kappa shape index (κ2) is 8.42. The maximum absolute atomic E-state index is 12.2. The fourth-order valence-electron chi connectivity index (χ4n) is 1.87. The van der Waals surface area contributed by atoms with Crippen molar-refractivity contribution in [1.82, 2.24) is 10.0 Å². The Labute approximate surface area is 138 Å². The van der Waals surface area contributed by atoms with Crippen LogP contribution < -0.4 is 10.0 Å². The summed E-state index contributed by atoms with van der Waals surface area (Å²) in [5, 5.41) is 2.77. The molecule has 0 heterocycles. The average molecular weight is 342 g/mol. The number of nitrogens with one attached hydrogen (secondary N) is 2. The van der Waals surface area contributed by atoms with Gasteiger partial charge in [0.05, 0.1) is 4.90 Å². The molecule has 0 aliphatic rings. The molecule has 0 atom stereocenters. The molecular formula is C16H26N2O4S. The fourth-order valence-corrected chi connectivity index (χ4v) is 3.29. The van der Waals surface area contributed by atoms with E-state index in [0.29, 0.717) is 25.3 Å². The Hall–Kier alpha value is -1.44. The number of carbonyl (C=O) groups excluding carboxylic acids is 1. The predicted molar refractivity (Wildman–Crippen MR) is 90.0 cm³/mol. The Morgan fingerprint density at radius 3 is 2.30 bits per heavy atom. The standard InChI is InChI=1S/C16H26N2O4S/c1-5-22-12-6-11-17-15(19)13-7-9-14(10-8-13)23(20,21)18-16(2,3)4/h7-10,18H,5-6,11-12H2,1-4H3,(H,17,19). The third-order valence-electron chi connectivity index (χ3n) is 2.82. The van der Waals surface area contributed by atoms with Crippen molar-refractivity contribution >= 4 is 15.9 Å². The van der Waals surface area contributed by atoms with Crippen LogP contribution in [0.1, 0.15) is 44.5 Å². The molecule has 0 aliphatic heterocycles. The highest BCUT2D eigenvalue weighted by molar-refractivity contribution is 7.89. The number of benzene rings is 1. The largest absolute Gasteiger partial charge is 0.382 e. The van der Waals surface area contributed by atoms with Gasteiger partial charge in [-0.2, -0.15) is 0 Å². The van der Waals surface area contributed by atoms with Crippen molar-refractivity contribution in [3.8, 4) is 0 Å². The highest BCUT2D eigenvalue weighted by Gasteiger charge is 2.22. The first kappa shape index (κ1) is 19.6. The van der Waals surface area contributed by atoms with Gasteiger partial charge in [-0.15, -0.1) is 0 Å². The van der Waals surface area contributed by atoms with E-state index in [0.717, 1.165) is 6.42 Å². The van der Waals surface area contributed by atoms with Gasteiger partial charge in [0.15, 0.2) is 0 Å². The summed E-state index contributed by atoms with van der Waals surface area (Å²) in [6, 6.07) is 5.89. The van der Waals surface area contributed by atoms with Gasteiger partial charge in [-0.25, -0.2) is 13.1 Å². The minimum absolute atomic E-state index is 0.139. The zero-order chi connectivity index (χ0) is 17.5. The Balaban J connectivity index is 2.64. The third kappa shape index (κ3) is 7.11. The minimum atomic E-state index is -3.59. The molecule has 2 N–H and O–H groups in total. The molecule has 0 aromatic heterocycles. The summed E-state index contributed by atoms with van der Waals surface area (Å²) < 4.78 is 32.1. The van der Waals surface area contributed by atoms with E-state index in [9.17, 15) is 13.2 Å². The molecule has 0 radical (unpaired) electrons. The first-order valence-corrected chi connectivity index (χ1v) is 9.14. The van der Waals surface area contributed by atoms with Crippen LogP contribution in [0.5, 0.6) is 0 Å². The van der Waals surface area contributed by atoms with E-state index in [1.165, 1.54) is 24.3 Å². The maximum Gasteiger partial charge on any atom is 0.251 e. The molecule has 6 nitrogen and oxygen atoms in total. The first-order chi connectivity index (χ1) is 10.7. The van der Waals surface area contributed by atoms with Crippen LogP contribution in [0.4, 0.5) is 0 Å². The lowest BCUT2D eigenvalue weighted by molar-refractivity contribution is 0.0944. The smallest absolute Gasteiger partial charge is 0.251 e. The van der Waals surface area contributed by atoms with Gasteiger partial charge in [0.1, 0.15) is 0 Å². The number of rotatable bonds is 8. The molecule has 0 fully saturated rings. The van der Waals surface area contributed by atoms with Crippen molar-refractivity contribution in [2.24, 2.45) is 0 Å². The summed E-state index contributed by atoms with van der Waals surface area (Å²) in [7, 11) is -3.59. The van der Waals surface area contributed by atoms with Crippen LogP contribution in [-0.4, -0.2) is 39.6 Å². The zero-order valence-corrected chi connectivity index (χ0v) is 15.0. The van der Waals surface area contributed by atoms with Crippen LogP contribution in [0.25, 0.3) is 0 Å². The van der Waals surface area contributed by atoms with Gasteiger partial charge < -0.3 is 10.1 Å². The number of hydrogen-bond acceptors (Lipinski definition) is 4. The van der Waals surface area contributed by atoms with Gasteiger partial charge in [-0.1, -0.05) is 0 Å². The van der Waals surface area contributed by atoms with Crippen LogP contribution >= 0.6 is 0 Å². The van der Waals surface area contributed by atoms with Gasteiger partial charge in [0.25, 0.3) is 5.91 Å². The molecule has 0 aliphatic carbocycles. The van der Waals surface area contributed by atoms with Crippen molar-refractivity contribution < 1.29 is 17.9 Å². The molecule has 130 valence electrons. The number of sulfonamides is 1. The topological polar surface area (TPSA) is 84.5 Å². The van der Waals surface area contributed by atoms with Crippen LogP contribution in [0.15, 0.2) is 29.2 Å². The molecule has 1 amide bonds. The third-order valence-corrected chi connectivity index (χ3v) is 4.60. The fraction of sp³-hybridized carbons (Fsp3) is 0.562. The van der Waals surface area contributed by atoms with Gasteiger partial charge in [0, 0.05) is 30.9 Å². The van der Waals surface area contributed by atoms with Gasteiger partial charge in [-0.3, -0.25) is 4.79 Å². The van der Waals surface area contributed by atoms with E-state index >= 15 is 0 Å². The molecule has 0 spiro atoms. The number of ether oxygens (including phenoxy) is 1. The number of carbonyl (C=O) groups is 1. The van der Waals surface area contributed by atoms with Crippen molar-refractivity contribution in [2.45, 2.75) is 44.6 Å². The molecule has 0 saturated heterocycles. The number of hydrogen-bond donors (Lipinski definition) is 2. The first-order valence-electron chi connectivity index (χ1n) is 7.66. The Bertz CT molecular complexity index is 604. The Morgan fingerprint density at radius 2 is 1.78 bits per heavy atom. The van der Waals surface area contributed by atoms with E-state index in [1.54, 1.807) is 20.8 Å². The lowest BCUT2D eigenvalue weighted by Crippen LogP contribution is -2.40. The maximum atomic E-state index is 12.2. The van der Waals surface area contributed by atoms with E-state index in [1.807, 2.05) is 6.92 Å². The van der Waals surface area contributed by atoms with Crippen LogP contribution in [0, 0.1) is 0 Å². The predicted octanol–water partition coefficient (Wildman–Crippen LogP) is 1.92. The lowest BCUT2D eigenvalue weighted by Gasteiger charge is -2.20. The van der Waals surface area contributed by atoms with Crippen molar-refractivity contribution in [1.29, 1.82) is 0 Å². The second-order valence-corrected chi connectivity index (χ2v) is 7.87. The normalized spacial score (nSPS) is 12.2. The Morgan fingerprint density at radius 1 is 1.17 bits per heavy atom. The van der Waals surface area contributed by atoms with Gasteiger partial charge in [-0.05, 0) is 58.4 Å². The molecule has 1 aromatic carbocycles. The van der Waals surface area contributed by atoms with Gasteiger partial charge >= 0.3 is 0 Å². The van der Waals surface area contributed by atoms with E-state index in [2.05, 4.69) is 10.0 Å². The monoisotopic (exact) mass is 342 g/mol. The summed E-state index contributed by atoms with van der Waals surface area (Å²) in [6.07, 6.45) is 0.738. The summed E-state index contributed by atoms with van der Waals surface area (Å²) in [4.78, 5) is 12.1. The summed E-state index contributed by atoms with van der Waals surface area (Å²) in [6.45, 7) is 9.02. The van der Waals surface area contributed by atoms with Crippen molar-refractivity contribution in [3.05, 3.63) is 29.8 Å².